The Morgan fingerprint density at radius 3 is 2.32 bits per heavy atom. The van der Waals surface area contributed by atoms with Crippen LogP contribution in [0.3, 0.4) is 0 Å². The summed E-state index contributed by atoms with van der Waals surface area (Å²) in [5.41, 5.74) is -0.980. The first-order chi connectivity index (χ1) is 11.8. The quantitative estimate of drug-likeness (QED) is 0.866. The third-order valence-electron chi connectivity index (χ3n) is 4.24. The highest BCUT2D eigenvalue weighted by Gasteiger charge is 2.42. The molecule has 2 N–H and O–H groups in total. The van der Waals surface area contributed by atoms with Crippen molar-refractivity contribution in [1.29, 1.82) is 0 Å². The van der Waals surface area contributed by atoms with Gasteiger partial charge >= 0.3 is 6.09 Å². The van der Waals surface area contributed by atoms with E-state index in [0.29, 0.717) is 24.3 Å². The summed E-state index contributed by atoms with van der Waals surface area (Å²) in [6, 6.07) is 7.22. The highest BCUT2D eigenvalue weighted by Crippen LogP contribution is 2.31. The van der Waals surface area contributed by atoms with Crippen LogP contribution in [0.25, 0.3) is 0 Å². The van der Waals surface area contributed by atoms with Crippen molar-refractivity contribution in [2.45, 2.75) is 64.0 Å². The molecule has 2 rings (SSSR count). The third kappa shape index (κ3) is 5.11. The number of hydrogen-bond donors (Lipinski definition) is 2. The predicted molar refractivity (Wildman–Crippen MR) is 96.8 cm³/mol. The van der Waals surface area contributed by atoms with E-state index in [2.05, 4.69) is 10.6 Å². The largest absolute Gasteiger partial charge is 0.495 e. The lowest BCUT2D eigenvalue weighted by Crippen LogP contribution is -2.58. The first-order valence-electron chi connectivity index (χ1n) is 8.71. The number of amides is 2. The van der Waals surface area contributed by atoms with Crippen LogP contribution in [0.1, 0.15) is 52.9 Å². The van der Waals surface area contributed by atoms with E-state index >= 15 is 0 Å². The Morgan fingerprint density at radius 2 is 1.72 bits per heavy atom. The van der Waals surface area contributed by atoms with Gasteiger partial charge < -0.3 is 20.1 Å². The van der Waals surface area contributed by atoms with Crippen molar-refractivity contribution < 1.29 is 19.1 Å². The zero-order valence-electron chi connectivity index (χ0n) is 15.5. The average molecular weight is 348 g/mol. The van der Waals surface area contributed by atoms with Gasteiger partial charge in [0.1, 0.15) is 16.9 Å². The minimum Gasteiger partial charge on any atom is -0.495 e. The topological polar surface area (TPSA) is 76.7 Å². The molecule has 0 aromatic heterocycles. The van der Waals surface area contributed by atoms with Crippen molar-refractivity contribution in [1.82, 2.24) is 5.32 Å². The van der Waals surface area contributed by atoms with Gasteiger partial charge in [-0.2, -0.15) is 0 Å². The summed E-state index contributed by atoms with van der Waals surface area (Å²) in [7, 11) is 1.56. The van der Waals surface area contributed by atoms with Gasteiger partial charge in [0, 0.05) is 0 Å². The van der Waals surface area contributed by atoms with Gasteiger partial charge in [0.2, 0.25) is 5.91 Å². The van der Waals surface area contributed by atoms with Crippen LogP contribution in [0.2, 0.25) is 0 Å². The van der Waals surface area contributed by atoms with E-state index in [0.717, 1.165) is 19.3 Å². The highest BCUT2D eigenvalue weighted by molar-refractivity contribution is 6.01. The van der Waals surface area contributed by atoms with Crippen LogP contribution in [0.4, 0.5) is 10.5 Å². The maximum Gasteiger partial charge on any atom is 0.408 e. The lowest BCUT2D eigenvalue weighted by atomic mass is 9.81. The second-order valence-electron chi connectivity index (χ2n) is 7.42. The molecule has 0 spiro atoms. The van der Waals surface area contributed by atoms with Crippen LogP contribution < -0.4 is 15.4 Å². The van der Waals surface area contributed by atoms with Crippen LogP contribution in [0.15, 0.2) is 24.3 Å². The molecule has 1 fully saturated rings. The average Bonchev–Trinajstić information content (AvgIpc) is 2.54. The molecule has 6 nitrogen and oxygen atoms in total. The van der Waals surface area contributed by atoms with Gasteiger partial charge in [0.25, 0.3) is 0 Å². The molecule has 1 aromatic rings. The van der Waals surface area contributed by atoms with E-state index in [9.17, 15) is 9.59 Å². The first kappa shape index (κ1) is 19.1. The standard InChI is InChI=1S/C19H28N2O4/c1-18(2,3)25-17(23)21-19(12-8-5-9-13-19)16(22)20-14-10-6-7-11-15(14)24-4/h6-7,10-11H,5,8-9,12-13H2,1-4H3,(H,20,22)(H,21,23). The highest BCUT2D eigenvalue weighted by atomic mass is 16.6. The zero-order valence-corrected chi connectivity index (χ0v) is 15.5. The Labute approximate surface area is 149 Å². The summed E-state index contributed by atoms with van der Waals surface area (Å²) in [4.78, 5) is 25.3. The molecule has 1 aliphatic rings. The number of benzene rings is 1. The van der Waals surface area contributed by atoms with Crippen molar-refractivity contribution in [2.75, 3.05) is 12.4 Å². The number of ether oxygens (including phenoxy) is 2. The number of para-hydroxylation sites is 2. The molecule has 2 amide bonds. The molecule has 0 saturated heterocycles. The summed E-state index contributed by atoms with van der Waals surface area (Å²) in [6.07, 6.45) is 3.44. The Bertz CT molecular complexity index is 616. The normalized spacial score (nSPS) is 16.6. The lowest BCUT2D eigenvalue weighted by Gasteiger charge is -2.37. The summed E-state index contributed by atoms with van der Waals surface area (Å²) in [5, 5.41) is 5.74. The molecule has 0 bridgehead atoms. The minimum absolute atomic E-state index is 0.234. The van der Waals surface area contributed by atoms with Crippen molar-refractivity contribution >= 4 is 17.7 Å². The lowest BCUT2D eigenvalue weighted by molar-refractivity contribution is -0.123. The van der Waals surface area contributed by atoms with Crippen LogP contribution in [-0.2, 0) is 9.53 Å². The third-order valence-corrected chi connectivity index (χ3v) is 4.24. The van der Waals surface area contributed by atoms with Gasteiger partial charge in [-0.3, -0.25) is 4.79 Å². The Balaban J connectivity index is 2.18. The summed E-state index contributed by atoms with van der Waals surface area (Å²) in [6.45, 7) is 5.40. The fraction of sp³-hybridized carbons (Fsp3) is 0.579. The number of carbonyl (C=O) groups is 2. The van der Waals surface area contributed by atoms with E-state index in [1.54, 1.807) is 40.0 Å². The summed E-state index contributed by atoms with van der Waals surface area (Å²) in [5.74, 6) is 0.349. The molecular weight excluding hydrogens is 320 g/mol. The van der Waals surface area contributed by atoms with Crippen molar-refractivity contribution in [3.8, 4) is 5.75 Å². The van der Waals surface area contributed by atoms with Crippen molar-refractivity contribution in [3.05, 3.63) is 24.3 Å². The van der Waals surface area contributed by atoms with Crippen molar-refractivity contribution in [2.24, 2.45) is 0 Å². The zero-order chi connectivity index (χ0) is 18.5. The molecule has 0 aliphatic heterocycles. The Kier molecular flexibility index (Phi) is 5.93. The van der Waals surface area contributed by atoms with Gasteiger partial charge in [-0.15, -0.1) is 0 Å². The number of anilines is 1. The first-order valence-corrected chi connectivity index (χ1v) is 8.71. The molecule has 1 saturated carbocycles. The van der Waals surface area contributed by atoms with Gasteiger partial charge in [-0.05, 0) is 45.7 Å². The molecule has 6 heteroatoms. The molecule has 0 atom stereocenters. The van der Waals surface area contributed by atoms with E-state index in [-0.39, 0.29) is 5.91 Å². The van der Waals surface area contributed by atoms with E-state index in [1.165, 1.54) is 0 Å². The molecule has 0 unspecified atom stereocenters. The van der Waals surface area contributed by atoms with E-state index in [1.807, 2.05) is 12.1 Å². The van der Waals surface area contributed by atoms with Crippen molar-refractivity contribution in [3.63, 3.8) is 0 Å². The fourth-order valence-electron chi connectivity index (χ4n) is 3.05. The molecule has 1 aromatic carbocycles. The number of carbonyl (C=O) groups excluding carboxylic acids is 2. The molecule has 0 heterocycles. The fourth-order valence-corrected chi connectivity index (χ4v) is 3.05. The number of nitrogens with one attached hydrogen (secondary N) is 2. The molecule has 138 valence electrons. The van der Waals surface area contributed by atoms with E-state index in [4.69, 9.17) is 9.47 Å². The molecule has 25 heavy (non-hydrogen) atoms. The van der Waals surface area contributed by atoms with E-state index < -0.39 is 17.2 Å². The smallest absolute Gasteiger partial charge is 0.408 e. The monoisotopic (exact) mass is 348 g/mol. The Hall–Kier alpha value is -2.24. The predicted octanol–water partition coefficient (Wildman–Crippen LogP) is 3.86. The van der Waals surface area contributed by atoms with Gasteiger partial charge in [0.15, 0.2) is 0 Å². The number of methoxy groups -OCH3 is 1. The van der Waals surface area contributed by atoms with Gasteiger partial charge in [-0.25, -0.2) is 4.79 Å². The molecular formula is C19H28N2O4. The maximum absolute atomic E-state index is 13.0. The minimum atomic E-state index is -0.957. The number of rotatable bonds is 4. The maximum atomic E-state index is 13.0. The number of alkyl carbamates (subject to hydrolysis) is 1. The molecule has 1 aliphatic carbocycles. The van der Waals surface area contributed by atoms with Gasteiger partial charge in [0.05, 0.1) is 12.8 Å². The second kappa shape index (κ2) is 7.76. The second-order valence-corrected chi connectivity index (χ2v) is 7.42. The van der Waals surface area contributed by atoms with Crippen LogP contribution in [0.5, 0.6) is 5.75 Å². The SMILES string of the molecule is COc1ccccc1NC(=O)C1(NC(=O)OC(C)(C)C)CCCCC1. The summed E-state index contributed by atoms with van der Waals surface area (Å²) >= 11 is 0. The molecule has 0 radical (unpaired) electrons. The van der Waals surface area contributed by atoms with Crippen LogP contribution in [0, 0.1) is 0 Å². The van der Waals surface area contributed by atoms with Crippen LogP contribution in [-0.4, -0.2) is 30.3 Å². The Morgan fingerprint density at radius 1 is 1.08 bits per heavy atom. The van der Waals surface area contributed by atoms with Gasteiger partial charge in [-0.1, -0.05) is 31.4 Å². The van der Waals surface area contributed by atoms with Crippen LogP contribution >= 0.6 is 0 Å². The summed E-state index contributed by atoms with van der Waals surface area (Å²) < 4.78 is 10.6. The number of hydrogen-bond acceptors (Lipinski definition) is 4.